The third-order valence-electron chi connectivity index (χ3n) is 5.54. The molecule has 1 heterocycles. The van der Waals surface area contributed by atoms with Crippen molar-refractivity contribution in [2.24, 2.45) is 0 Å². The Morgan fingerprint density at radius 3 is 2.52 bits per heavy atom. The third kappa shape index (κ3) is 4.75. The molecule has 0 radical (unpaired) electrons. The second-order valence-electron chi connectivity index (χ2n) is 7.74. The van der Waals surface area contributed by atoms with Crippen LogP contribution in [0, 0.1) is 0 Å². The van der Waals surface area contributed by atoms with Gasteiger partial charge < -0.3 is 10.1 Å². The van der Waals surface area contributed by atoms with E-state index in [0.29, 0.717) is 0 Å². The van der Waals surface area contributed by atoms with Crippen molar-refractivity contribution in [1.82, 2.24) is 4.31 Å². The molecule has 0 spiro atoms. The van der Waals surface area contributed by atoms with E-state index in [1.807, 2.05) is 24.3 Å². The molecular weight excluding hydrogens is 460 g/mol. The molecule has 1 aliphatic heterocycles. The van der Waals surface area contributed by atoms with Crippen LogP contribution < -0.4 is 5.32 Å². The fourth-order valence-corrected chi connectivity index (χ4v) is 6.11. The average molecular weight is 485 g/mol. The molecule has 9 heteroatoms. The van der Waals surface area contributed by atoms with Crippen LogP contribution in [0.1, 0.15) is 23.7 Å². The maximum absolute atomic E-state index is 13.5. The van der Waals surface area contributed by atoms with Gasteiger partial charge in [-0.25, -0.2) is 13.2 Å². The molecule has 3 aromatic rings. The van der Waals surface area contributed by atoms with Gasteiger partial charge in [0.25, 0.3) is 0 Å². The summed E-state index contributed by atoms with van der Waals surface area (Å²) in [6.07, 6.45) is 0.253. The average Bonchev–Trinajstić information content (AvgIpc) is 3.22. The van der Waals surface area contributed by atoms with Gasteiger partial charge in [-0.2, -0.15) is 16.9 Å². The first-order chi connectivity index (χ1) is 15.8. The van der Waals surface area contributed by atoms with Crippen LogP contribution in [0.15, 0.2) is 71.6 Å². The lowest BCUT2D eigenvalue weighted by molar-refractivity contribution is -0.119. The van der Waals surface area contributed by atoms with Crippen molar-refractivity contribution in [1.29, 1.82) is 0 Å². The maximum Gasteiger partial charge on any atom is 0.340 e. The number of benzene rings is 3. The predicted molar refractivity (Wildman–Crippen MR) is 130 cm³/mol. The molecular formula is C24H24N2O5S2. The summed E-state index contributed by atoms with van der Waals surface area (Å²) < 4.78 is 33.2. The van der Waals surface area contributed by atoms with E-state index in [1.54, 1.807) is 49.4 Å². The Hall–Kier alpha value is -2.88. The van der Waals surface area contributed by atoms with Gasteiger partial charge in [0.15, 0.2) is 0 Å². The summed E-state index contributed by atoms with van der Waals surface area (Å²) in [7, 11) is -3.95. The van der Waals surface area contributed by atoms with Crippen molar-refractivity contribution in [2.75, 3.05) is 18.5 Å². The zero-order valence-corrected chi connectivity index (χ0v) is 19.7. The minimum absolute atomic E-state index is 0.107. The highest BCUT2D eigenvalue weighted by molar-refractivity contribution is 7.89. The minimum atomic E-state index is -3.95. The molecule has 1 fully saturated rings. The SMILES string of the molecule is CCOC(=O)c1ccccc1NC(=O)[C@@H]1C[C@H](S)CN1S(=O)(=O)c1ccc2ccccc2c1. The first-order valence-corrected chi connectivity index (χ1v) is 12.5. The Bertz CT molecular complexity index is 1310. The molecule has 2 atom stereocenters. The van der Waals surface area contributed by atoms with Gasteiger partial charge in [0.05, 0.1) is 22.8 Å². The van der Waals surface area contributed by atoms with Gasteiger partial charge in [0.2, 0.25) is 15.9 Å². The molecule has 33 heavy (non-hydrogen) atoms. The number of nitrogens with one attached hydrogen (secondary N) is 1. The Morgan fingerprint density at radius 2 is 1.76 bits per heavy atom. The number of thiol groups is 1. The zero-order chi connectivity index (χ0) is 23.6. The molecule has 0 aliphatic carbocycles. The molecule has 0 unspecified atom stereocenters. The van der Waals surface area contributed by atoms with Crippen LogP contribution in [0.4, 0.5) is 5.69 Å². The lowest BCUT2D eigenvalue weighted by Crippen LogP contribution is -2.43. The van der Waals surface area contributed by atoms with Gasteiger partial charge >= 0.3 is 5.97 Å². The standard InChI is InChI=1S/C24H24N2O5S2/c1-2-31-24(28)20-9-5-6-10-21(20)25-23(27)22-14-18(32)15-26(22)33(29,30)19-12-11-16-7-3-4-8-17(16)13-19/h3-13,18,22,32H,2,14-15H2,1H3,(H,25,27)/t18-,22-/m0/s1. The summed E-state index contributed by atoms with van der Waals surface area (Å²) in [4.78, 5) is 25.6. The molecule has 0 saturated carbocycles. The number of sulfonamides is 1. The van der Waals surface area contributed by atoms with Gasteiger partial charge in [-0.15, -0.1) is 0 Å². The molecule has 3 aromatic carbocycles. The molecule has 0 aromatic heterocycles. The monoisotopic (exact) mass is 484 g/mol. The Balaban J connectivity index is 1.62. The molecule has 172 valence electrons. The minimum Gasteiger partial charge on any atom is -0.462 e. The zero-order valence-electron chi connectivity index (χ0n) is 18.0. The number of carbonyl (C=O) groups excluding carboxylic acids is 2. The molecule has 1 saturated heterocycles. The fraction of sp³-hybridized carbons (Fsp3) is 0.250. The summed E-state index contributed by atoms with van der Waals surface area (Å²) in [5.74, 6) is -1.08. The number of hydrogen-bond donors (Lipinski definition) is 2. The highest BCUT2D eigenvalue weighted by Crippen LogP contribution is 2.31. The van der Waals surface area contributed by atoms with E-state index < -0.39 is 27.9 Å². The van der Waals surface area contributed by atoms with Gasteiger partial charge in [-0.3, -0.25) is 4.79 Å². The number of esters is 1. The number of rotatable bonds is 6. The van der Waals surface area contributed by atoms with E-state index in [2.05, 4.69) is 17.9 Å². The quantitative estimate of drug-likeness (QED) is 0.411. The van der Waals surface area contributed by atoms with Crippen LogP contribution in [0.25, 0.3) is 10.8 Å². The summed E-state index contributed by atoms with van der Waals surface area (Å²) in [5, 5.41) is 4.14. The van der Waals surface area contributed by atoms with Crippen LogP contribution in [0.2, 0.25) is 0 Å². The number of fused-ring (bicyclic) bond motifs is 1. The van der Waals surface area contributed by atoms with Crippen molar-refractivity contribution in [3.8, 4) is 0 Å². The van der Waals surface area contributed by atoms with E-state index >= 15 is 0 Å². The van der Waals surface area contributed by atoms with Crippen molar-refractivity contribution in [3.05, 3.63) is 72.3 Å². The molecule has 1 aliphatic rings. The molecule has 4 rings (SSSR count). The lowest BCUT2D eigenvalue weighted by atomic mass is 10.1. The smallest absolute Gasteiger partial charge is 0.340 e. The second kappa shape index (κ2) is 9.54. The van der Waals surface area contributed by atoms with Gasteiger partial charge in [0, 0.05) is 11.8 Å². The number of ether oxygens (including phenoxy) is 1. The molecule has 7 nitrogen and oxygen atoms in total. The van der Waals surface area contributed by atoms with Crippen molar-refractivity contribution in [2.45, 2.75) is 29.5 Å². The van der Waals surface area contributed by atoms with Gasteiger partial charge in [0.1, 0.15) is 6.04 Å². The Labute approximate surface area is 198 Å². The fourth-order valence-electron chi connectivity index (χ4n) is 3.95. The van der Waals surface area contributed by atoms with Crippen molar-refractivity contribution >= 4 is 51.0 Å². The maximum atomic E-state index is 13.5. The molecule has 1 N–H and O–H groups in total. The summed E-state index contributed by atoms with van der Waals surface area (Å²) in [6.45, 7) is 2.00. The number of amides is 1. The molecule has 1 amide bonds. The first-order valence-electron chi connectivity index (χ1n) is 10.6. The third-order valence-corrected chi connectivity index (χ3v) is 7.79. The number of hydrogen-bond acceptors (Lipinski definition) is 6. The first kappa shape index (κ1) is 23.3. The Morgan fingerprint density at radius 1 is 1.06 bits per heavy atom. The summed E-state index contributed by atoms with van der Waals surface area (Å²) in [5.41, 5.74) is 0.476. The molecule has 0 bridgehead atoms. The number of anilines is 1. The van der Waals surface area contributed by atoms with Gasteiger partial charge in [-0.1, -0.05) is 42.5 Å². The number of carbonyl (C=O) groups is 2. The van der Waals surface area contributed by atoms with Crippen LogP contribution in [-0.2, 0) is 19.6 Å². The van der Waals surface area contributed by atoms with Crippen LogP contribution in [0.5, 0.6) is 0 Å². The topological polar surface area (TPSA) is 92.8 Å². The van der Waals surface area contributed by atoms with Crippen LogP contribution in [0.3, 0.4) is 0 Å². The van der Waals surface area contributed by atoms with E-state index in [9.17, 15) is 18.0 Å². The number of nitrogens with zero attached hydrogens (tertiary/aromatic N) is 1. The summed E-state index contributed by atoms with van der Waals surface area (Å²) in [6, 6.07) is 17.9. The second-order valence-corrected chi connectivity index (χ2v) is 10.4. The van der Waals surface area contributed by atoms with E-state index in [4.69, 9.17) is 4.74 Å². The van der Waals surface area contributed by atoms with Crippen molar-refractivity contribution in [3.63, 3.8) is 0 Å². The normalized spacial score (nSPS) is 18.8. The number of para-hydroxylation sites is 1. The van der Waals surface area contributed by atoms with E-state index in [-0.39, 0.29) is 41.0 Å². The highest BCUT2D eigenvalue weighted by Gasteiger charge is 2.43. The van der Waals surface area contributed by atoms with Crippen LogP contribution >= 0.6 is 12.6 Å². The summed E-state index contributed by atoms with van der Waals surface area (Å²) >= 11 is 4.46. The van der Waals surface area contributed by atoms with Crippen molar-refractivity contribution < 1.29 is 22.7 Å². The Kier molecular flexibility index (Phi) is 6.73. The van der Waals surface area contributed by atoms with E-state index in [0.717, 1.165) is 10.8 Å². The predicted octanol–water partition coefficient (Wildman–Crippen LogP) is 3.72. The van der Waals surface area contributed by atoms with Gasteiger partial charge in [-0.05, 0) is 48.4 Å². The van der Waals surface area contributed by atoms with E-state index in [1.165, 1.54) is 4.31 Å². The van der Waals surface area contributed by atoms with Crippen LogP contribution in [-0.4, -0.2) is 49.0 Å². The largest absolute Gasteiger partial charge is 0.462 e. The lowest BCUT2D eigenvalue weighted by Gasteiger charge is -2.24. The highest BCUT2D eigenvalue weighted by atomic mass is 32.2.